The third kappa shape index (κ3) is 1.69. The summed E-state index contributed by atoms with van der Waals surface area (Å²) in [6, 6.07) is 0. The van der Waals surface area contributed by atoms with Gasteiger partial charge in [-0.1, -0.05) is 26.0 Å². The van der Waals surface area contributed by atoms with E-state index in [1.54, 1.807) is 0 Å². The molecule has 1 atom stereocenters. The number of nitrogens with zero attached hydrogens (tertiary/aromatic N) is 1. The van der Waals surface area contributed by atoms with Crippen LogP contribution in [0.4, 0.5) is 0 Å². The molecule has 0 N–H and O–H groups in total. The normalized spacial score (nSPS) is 26.9. The molecule has 1 unspecified atom stereocenters. The first-order chi connectivity index (χ1) is 7.59. The zero-order valence-corrected chi connectivity index (χ0v) is 10.6. The molecule has 1 heterocycles. The van der Waals surface area contributed by atoms with E-state index < -0.39 is 0 Å². The fourth-order valence-electron chi connectivity index (χ4n) is 2.62. The average Bonchev–Trinajstić information content (AvgIpc) is 2.47. The first-order valence-electron chi connectivity index (χ1n) is 5.83. The van der Waals surface area contributed by atoms with Crippen molar-refractivity contribution in [3.05, 3.63) is 23.9 Å². The van der Waals surface area contributed by atoms with E-state index in [0.717, 1.165) is 19.4 Å². The Morgan fingerprint density at radius 2 is 2.31 bits per heavy atom. The molecular weight excluding hydrogens is 222 g/mol. The van der Waals surface area contributed by atoms with E-state index in [1.165, 1.54) is 5.70 Å². The minimum atomic E-state index is -0.261. The van der Waals surface area contributed by atoms with Crippen molar-refractivity contribution in [2.75, 3.05) is 12.4 Å². The smallest absolute Gasteiger partial charge is 0.233 e. The van der Waals surface area contributed by atoms with Crippen LogP contribution in [0.1, 0.15) is 26.7 Å². The summed E-state index contributed by atoms with van der Waals surface area (Å²) in [5.74, 6) is 1.20. The largest absolute Gasteiger partial charge is 0.315 e. The van der Waals surface area contributed by atoms with E-state index in [9.17, 15) is 4.79 Å². The molecule has 16 heavy (non-hydrogen) atoms. The van der Waals surface area contributed by atoms with Gasteiger partial charge in [0.05, 0.1) is 5.41 Å². The summed E-state index contributed by atoms with van der Waals surface area (Å²) in [4.78, 5) is 14.2. The Balaban J connectivity index is 2.27. The summed E-state index contributed by atoms with van der Waals surface area (Å²) in [6.45, 7) is 4.85. The Morgan fingerprint density at radius 1 is 1.56 bits per heavy atom. The van der Waals surface area contributed by atoms with Crippen LogP contribution in [0.25, 0.3) is 0 Å². The van der Waals surface area contributed by atoms with E-state index in [4.69, 9.17) is 11.6 Å². The highest BCUT2D eigenvalue weighted by atomic mass is 35.5. The highest BCUT2D eigenvalue weighted by Gasteiger charge is 2.49. The molecule has 0 radical (unpaired) electrons. The molecule has 3 heteroatoms. The second-order valence-corrected chi connectivity index (χ2v) is 5.41. The number of rotatable bonds is 3. The Bertz CT molecular complexity index is 357. The van der Waals surface area contributed by atoms with Gasteiger partial charge in [-0.3, -0.25) is 4.79 Å². The van der Waals surface area contributed by atoms with Gasteiger partial charge in [-0.15, -0.1) is 11.6 Å². The molecule has 1 aliphatic carbocycles. The lowest BCUT2D eigenvalue weighted by molar-refractivity contribution is -0.134. The predicted molar refractivity (Wildman–Crippen MR) is 66.2 cm³/mol. The van der Waals surface area contributed by atoms with Gasteiger partial charge >= 0.3 is 0 Å². The van der Waals surface area contributed by atoms with Gasteiger partial charge in [0.25, 0.3) is 0 Å². The van der Waals surface area contributed by atoms with Crippen LogP contribution in [0.2, 0.25) is 0 Å². The minimum Gasteiger partial charge on any atom is -0.315 e. The van der Waals surface area contributed by atoms with Crippen molar-refractivity contribution in [1.29, 1.82) is 0 Å². The fraction of sp³-hybridized carbons (Fsp3) is 0.615. The zero-order chi connectivity index (χ0) is 11.8. The number of amides is 1. The van der Waals surface area contributed by atoms with Crippen molar-refractivity contribution in [3.8, 4) is 0 Å². The Labute approximate surface area is 102 Å². The number of alkyl halides is 1. The third-order valence-electron chi connectivity index (χ3n) is 3.63. The number of hydrogen-bond acceptors (Lipinski definition) is 1. The van der Waals surface area contributed by atoms with Gasteiger partial charge in [0.2, 0.25) is 5.91 Å². The third-order valence-corrected chi connectivity index (χ3v) is 3.89. The van der Waals surface area contributed by atoms with Gasteiger partial charge < -0.3 is 4.90 Å². The van der Waals surface area contributed by atoms with Gasteiger partial charge in [0, 0.05) is 24.0 Å². The van der Waals surface area contributed by atoms with E-state index >= 15 is 0 Å². The summed E-state index contributed by atoms with van der Waals surface area (Å²) in [5, 5.41) is 0. The number of allylic oxidation sites excluding steroid dienone is 4. The lowest BCUT2D eigenvalue weighted by Gasteiger charge is -2.23. The Morgan fingerprint density at radius 3 is 3.00 bits per heavy atom. The second-order valence-electron chi connectivity index (χ2n) is 5.03. The second kappa shape index (κ2) is 4.25. The van der Waals surface area contributed by atoms with Crippen LogP contribution >= 0.6 is 11.6 Å². The molecule has 0 saturated carbocycles. The number of halogens is 1. The van der Waals surface area contributed by atoms with Crippen molar-refractivity contribution in [3.63, 3.8) is 0 Å². The number of hydrogen-bond donors (Lipinski definition) is 0. The molecule has 0 aromatic rings. The summed E-state index contributed by atoms with van der Waals surface area (Å²) >= 11 is 5.70. The fourth-order valence-corrected chi connectivity index (χ4v) is 2.74. The van der Waals surface area contributed by atoms with Gasteiger partial charge in [-0.2, -0.15) is 0 Å². The average molecular weight is 240 g/mol. The maximum Gasteiger partial charge on any atom is 0.233 e. The van der Waals surface area contributed by atoms with Crippen molar-refractivity contribution in [2.45, 2.75) is 26.7 Å². The Hall–Kier alpha value is -0.760. The van der Waals surface area contributed by atoms with Gasteiger partial charge in [0.15, 0.2) is 0 Å². The molecule has 1 amide bonds. The standard InChI is InChI=1S/C13H18ClNO/c1-13(2)10-6-3-4-7-11(10)15(12(13)16)9-5-8-14/h3-4,7,10H,5-6,8-9H2,1-2H3. The van der Waals surface area contributed by atoms with Crippen LogP contribution < -0.4 is 0 Å². The van der Waals surface area contributed by atoms with Gasteiger partial charge in [-0.05, 0) is 18.9 Å². The molecule has 1 aliphatic heterocycles. The molecule has 0 aromatic heterocycles. The highest BCUT2D eigenvalue weighted by molar-refractivity contribution is 6.17. The summed E-state index contributed by atoms with van der Waals surface area (Å²) < 4.78 is 0. The molecule has 0 spiro atoms. The SMILES string of the molecule is CC1(C)C(=O)N(CCCCl)C2=CC=CCC21. The summed E-state index contributed by atoms with van der Waals surface area (Å²) in [6.07, 6.45) is 8.11. The van der Waals surface area contributed by atoms with E-state index in [2.05, 4.69) is 12.2 Å². The number of likely N-dealkylation sites (tertiary alicyclic amines) is 1. The van der Waals surface area contributed by atoms with Crippen molar-refractivity contribution in [1.82, 2.24) is 4.90 Å². The van der Waals surface area contributed by atoms with Gasteiger partial charge in [-0.25, -0.2) is 0 Å². The van der Waals surface area contributed by atoms with Crippen LogP contribution in [0, 0.1) is 11.3 Å². The molecule has 0 bridgehead atoms. The van der Waals surface area contributed by atoms with E-state index in [1.807, 2.05) is 24.8 Å². The lowest BCUT2D eigenvalue weighted by atomic mass is 9.77. The highest BCUT2D eigenvalue weighted by Crippen LogP contribution is 2.46. The maximum absolute atomic E-state index is 12.3. The molecule has 0 aromatic carbocycles. The molecule has 2 rings (SSSR count). The van der Waals surface area contributed by atoms with Crippen molar-refractivity contribution >= 4 is 17.5 Å². The molecule has 1 fully saturated rings. The topological polar surface area (TPSA) is 20.3 Å². The van der Waals surface area contributed by atoms with E-state index in [0.29, 0.717) is 11.8 Å². The minimum absolute atomic E-state index is 0.248. The first-order valence-corrected chi connectivity index (χ1v) is 6.37. The maximum atomic E-state index is 12.3. The zero-order valence-electron chi connectivity index (χ0n) is 9.87. The van der Waals surface area contributed by atoms with Crippen LogP contribution in [0.5, 0.6) is 0 Å². The predicted octanol–water partition coefficient (Wildman–Crippen LogP) is 2.94. The molecule has 2 aliphatic rings. The summed E-state index contributed by atoms with van der Waals surface area (Å²) in [5.41, 5.74) is 0.922. The molecular formula is C13H18ClNO. The molecule has 88 valence electrons. The monoisotopic (exact) mass is 239 g/mol. The van der Waals surface area contributed by atoms with Crippen LogP contribution in [0.3, 0.4) is 0 Å². The Kier molecular flexibility index (Phi) is 3.11. The van der Waals surface area contributed by atoms with Crippen molar-refractivity contribution in [2.24, 2.45) is 11.3 Å². The van der Waals surface area contributed by atoms with Crippen molar-refractivity contribution < 1.29 is 4.79 Å². The molecule has 2 nitrogen and oxygen atoms in total. The molecule has 1 saturated heterocycles. The van der Waals surface area contributed by atoms with Crippen LogP contribution in [-0.2, 0) is 4.79 Å². The van der Waals surface area contributed by atoms with Crippen LogP contribution in [-0.4, -0.2) is 23.2 Å². The summed E-state index contributed by atoms with van der Waals surface area (Å²) in [7, 11) is 0. The first kappa shape index (κ1) is 11.7. The number of fused-ring (bicyclic) bond motifs is 1. The number of carbonyl (C=O) groups is 1. The number of carbonyl (C=O) groups excluding carboxylic acids is 1. The van der Waals surface area contributed by atoms with E-state index in [-0.39, 0.29) is 11.3 Å². The quantitative estimate of drug-likeness (QED) is 0.694. The van der Waals surface area contributed by atoms with Gasteiger partial charge in [0.1, 0.15) is 0 Å². The van der Waals surface area contributed by atoms with Crippen LogP contribution in [0.15, 0.2) is 23.9 Å². The lowest BCUT2D eigenvalue weighted by Crippen LogP contribution is -2.32.